The highest BCUT2D eigenvalue weighted by Gasteiger charge is 2.17. The minimum atomic E-state index is 0.663. The summed E-state index contributed by atoms with van der Waals surface area (Å²) in [7, 11) is 0. The number of hydrogen-bond donors (Lipinski definition) is 0. The first-order valence-electron chi connectivity index (χ1n) is 20.7. The molecule has 64 heavy (non-hydrogen) atoms. The number of para-hydroxylation sites is 1. The van der Waals surface area contributed by atoms with Gasteiger partial charge in [-0.2, -0.15) is 14.7 Å². The van der Waals surface area contributed by atoms with E-state index in [4.69, 9.17) is 10.2 Å². The fraction of sp³-hybridized carbons (Fsp3) is 0. The van der Waals surface area contributed by atoms with Crippen molar-refractivity contribution in [2.45, 2.75) is 0 Å². The molecule has 0 N–H and O–H groups in total. The second-order valence-corrected chi connectivity index (χ2v) is 14.5. The van der Waals surface area contributed by atoms with Crippen LogP contribution >= 0.6 is 0 Å². The first-order chi connectivity index (χ1) is 31.5. The summed E-state index contributed by atoms with van der Waals surface area (Å²) in [5, 5.41) is 21.0. The molecular formula is C56H46N8. The molecule has 0 radical (unpaired) electrons. The van der Waals surface area contributed by atoms with E-state index in [0.29, 0.717) is 5.69 Å². The highest BCUT2D eigenvalue weighted by Crippen LogP contribution is 2.38. The van der Waals surface area contributed by atoms with Crippen LogP contribution in [0.5, 0.6) is 0 Å². The molecule has 0 aliphatic heterocycles. The average Bonchev–Trinajstić information content (AvgIpc) is 4.00. The molecule has 8 heteroatoms. The quantitative estimate of drug-likeness (QED) is 0.0852. The van der Waals surface area contributed by atoms with Crippen LogP contribution in [-0.2, 0) is 0 Å². The van der Waals surface area contributed by atoms with E-state index < -0.39 is 0 Å². The maximum atomic E-state index is 4.86. The molecule has 0 saturated carbocycles. The zero-order valence-corrected chi connectivity index (χ0v) is 35.4. The van der Waals surface area contributed by atoms with Crippen molar-refractivity contribution in [1.29, 1.82) is 0 Å². The molecule has 0 spiro atoms. The number of nitrogens with zero attached hydrogens (tertiary/aromatic N) is 8. The number of aromatic nitrogens is 6. The Hall–Kier alpha value is -8.88. The van der Waals surface area contributed by atoms with Gasteiger partial charge in [-0.15, -0.1) is 15.3 Å². The molecular weight excluding hydrogens is 785 g/mol. The number of allylic oxidation sites excluding steroid dienone is 11. The maximum absolute atomic E-state index is 4.86. The lowest BCUT2D eigenvalue weighted by molar-refractivity contribution is 0.766. The third-order valence-electron chi connectivity index (χ3n) is 10.5. The topological polar surface area (TPSA) is 67.9 Å². The third kappa shape index (κ3) is 9.37. The summed E-state index contributed by atoms with van der Waals surface area (Å²) >= 11 is 0. The van der Waals surface area contributed by atoms with E-state index in [1.165, 1.54) is 10.2 Å². The molecule has 0 amide bonds. The van der Waals surface area contributed by atoms with Crippen molar-refractivity contribution in [3.8, 4) is 16.8 Å². The molecule has 2 aromatic heterocycles. The zero-order chi connectivity index (χ0) is 44.3. The molecule has 2 heterocycles. The van der Waals surface area contributed by atoms with Gasteiger partial charge in [-0.25, -0.2) is 0 Å². The van der Waals surface area contributed by atoms with E-state index in [9.17, 15) is 0 Å². The Balaban J connectivity index is 1.13. The Kier molecular flexibility index (Phi) is 12.9. The number of fused-ring (bicyclic) bond motifs is 2. The van der Waals surface area contributed by atoms with E-state index in [0.717, 1.165) is 72.8 Å². The van der Waals surface area contributed by atoms with Crippen LogP contribution in [0.3, 0.4) is 0 Å². The standard InChI is InChI=1S/C56H46N8/c1-6-11-12-18-36-62-57-41-48(58-62)39-49(10-5)61(37-35-43(9-4)42(7-2)8-3)50-28-23-45(24-29-50)46-25-30-51(31-26-46)63(53-32-27-44-19-16-17-20-47(44)38-53)54-33-34-55-56(40-54)60-64(59-55)52-21-14-13-15-22-52/h6-41H,1-5H2/b12-11-,36-18+,37-35+,49-39+. The number of benzene rings is 6. The van der Waals surface area contributed by atoms with Crippen LogP contribution in [0, 0.1) is 0 Å². The molecule has 0 saturated heterocycles. The molecule has 8 nitrogen and oxygen atoms in total. The van der Waals surface area contributed by atoms with E-state index >= 15 is 0 Å². The minimum Gasteiger partial charge on any atom is -0.317 e. The summed E-state index contributed by atoms with van der Waals surface area (Å²) in [6.45, 7) is 19.8. The van der Waals surface area contributed by atoms with E-state index in [1.807, 2.05) is 77.9 Å². The van der Waals surface area contributed by atoms with Crippen molar-refractivity contribution in [1.82, 2.24) is 30.0 Å². The molecule has 0 bridgehead atoms. The van der Waals surface area contributed by atoms with Crippen LogP contribution in [0.1, 0.15) is 5.69 Å². The van der Waals surface area contributed by atoms with Gasteiger partial charge in [-0.05, 0) is 124 Å². The smallest absolute Gasteiger partial charge is 0.115 e. The van der Waals surface area contributed by atoms with Gasteiger partial charge in [0.25, 0.3) is 0 Å². The van der Waals surface area contributed by atoms with Gasteiger partial charge in [0, 0.05) is 40.8 Å². The fourth-order valence-corrected chi connectivity index (χ4v) is 7.25. The maximum Gasteiger partial charge on any atom is 0.115 e. The minimum absolute atomic E-state index is 0.663. The second kappa shape index (κ2) is 19.7. The number of hydrogen-bond acceptors (Lipinski definition) is 6. The van der Waals surface area contributed by atoms with Crippen LogP contribution in [-0.4, -0.2) is 30.0 Å². The lowest BCUT2D eigenvalue weighted by Crippen LogP contribution is -2.14. The number of anilines is 4. The Morgan fingerprint density at radius 3 is 1.88 bits per heavy atom. The Morgan fingerprint density at radius 2 is 1.17 bits per heavy atom. The first-order valence-corrected chi connectivity index (χ1v) is 20.7. The average molecular weight is 831 g/mol. The summed E-state index contributed by atoms with van der Waals surface area (Å²) in [6.07, 6.45) is 23.7. The summed E-state index contributed by atoms with van der Waals surface area (Å²) in [6, 6.07) is 48.2. The summed E-state index contributed by atoms with van der Waals surface area (Å²) in [5.41, 5.74) is 11.8. The van der Waals surface area contributed by atoms with Gasteiger partial charge in [-0.1, -0.05) is 142 Å². The lowest BCUT2D eigenvalue weighted by Gasteiger charge is -2.26. The molecule has 0 atom stereocenters. The third-order valence-corrected chi connectivity index (χ3v) is 10.5. The van der Waals surface area contributed by atoms with Gasteiger partial charge in [0.15, 0.2) is 0 Å². The monoisotopic (exact) mass is 830 g/mol. The van der Waals surface area contributed by atoms with Crippen LogP contribution in [0.25, 0.3) is 50.9 Å². The summed E-state index contributed by atoms with van der Waals surface area (Å²) in [4.78, 5) is 7.51. The van der Waals surface area contributed by atoms with Crippen molar-refractivity contribution in [2.75, 3.05) is 9.80 Å². The highest BCUT2D eigenvalue weighted by atomic mass is 15.5. The SMILES string of the molecule is C=C/C=C\C=C\n1ncc(/C=C(\C=C)N(/C=C/C(C=C)=C(C=C)C=C)c2ccc(-c3ccc(N(c4ccc5ccccc5c4)c4ccc5nn(-c6ccccc6)nc5c4)cc3)cc2)n1. The van der Waals surface area contributed by atoms with Crippen LogP contribution in [0.4, 0.5) is 22.7 Å². The predicted octanol–water partition coefficient (Wildman–Crippen LogP) is 13.9. The largest absolute Gasteiger partial charge is 0.317 e. The lowest BCUT2D eigenvalue weighted by atomic mass is 10.0. The van der Waals surface area contributed by atoms with E-state index in [1.54, 1.807) is 47.6 Å². The van der Waals surface area contributed by atoms with E-state index in [-0.39, 0.29) is 0 Å². The predicted molar refractivity (Wildman–Crippen MR) is 269 cm³/mol. The van der Waals surface area contributed by atoms with Gasteiger partial charge in [0.1, 0.15) is 16.7 Å². The van der Waals surface area contributed by atoms with Crippen molar-refractivity contribution in [2.24, 2.45) is 0 Å². The molecule has 0 aliphatic carbocycles. The van der Waals surface area contributed by atoms with Crippen LogP contribution in [0.15, 0.2) is 256 Å². The van der Waals surface area contributed by atoms with Crippen molar-refractivity contribution < 1.29 is 0 Å². The highest BCUT2D eigenvalue weighted by molar-refractivity contribution is 5.91. The van der Waals surface area contributed by atoms with Crippen molar-refractivity contribution >= 4 is 56.8 Å². The zero-order valence-electron chi connectivity index (χ0n) is 35.4. The molecule has 8 rings (SSSR count). The van der Waals surface area contributed by atoms with Crippen LogP contribution in [0.2, 0.25) is 0 Å². The van der Waals surface area contributed by atoms with Gasteiger partial charge < -0.3 is 9.80 Å². The summed E-state index contributed by atoms with van der Waals surface area (Å²) < 4.78 is 0. The van der Waals surface area contributed by atoms with Gasteiger partial charge in [0.05, 0.1) is 11.9 Å². The molecule has 0 fully saturated rings. The summed E-state index contributed by atoms with van der Waals surface area (Å²) in [5.74, 6) is 0. The number of rotatable bonds is 17. The van der Waals surface area contributed by atoms with Gasteiger partial charge in [-0.3, -0.25) is 0 Å². The van der Waals surface area contributed by atoms with Gasteiger partial charge in [0.2, 0.25) is 0 Å². The normalized spacial score (nSPS) is 11.7. The Morgan fingerprint density at radius 1 is 0.531 bits per heavy atom. The Bertz CT molecular complexity index is 3130. The second-order valence-electron chi connectivity index (χ2n) is 14.5. The molecule has 8 aromatic rings. The van der Waals surface area contributed by atoms with Gasteiger partial charge >= 0.3 is 0 Å². The fourth-order valence-electron chi connectivity index (χ4n) is 7.25. The molecule has 0 aliphatic rings. The van der Waals surface area contributed by atoms with Crippen molar-refractivity contribution in [3.63, 3.8) is 0 Å². The molecule has 0 unspecified atom stereocenters. The first kappa shape index (κ1) is 41.8. The van der Waals surface area contributed by atoms with Crippen molar-refractivity contribution in [3.05, 3.63) is 262 Å². The molecule has 310 valence electrons. The Labute approximate surface area is 374 Å². The molecule has 6 aromatic carbocycles. The van der Waals surface area contributed by atoms with E-state index in [2.05, 4.69) is 151 Å². The van der Waals surface area contributed by atoms with Crippen LogP contribution < -0.4 is 9.80 Å².